The average molecular weight is 279 g/mol. The Morgan fingerprint density at radius 2 is 2.25 bits per heavy atom. The van der Waals surface area contributed by atoms with Gasteiger partial charge in [-0.3, -0.25) is 14.9 Å². The first-order chi connectivity index (χ1) is 9.47. The summed E-state index contributed by atoms with van der Waals surface area (Å²) in [6.45, 7) is 4.77. The van der Waals surface area contributed by atoms with Crippen molar-refractivity contribution in [2.24, 2.45) is 0 Å². The summed E-state index contributed by atoms with van der Waals surface area (Å²) in [4.78, 5) is 21.9. The van der Waals surface area contributed by atoms with Crippen LogP contribution in [0.15, 0.2) is 12.1 Å². The number of nitro benzene ring substituents is 1. The Morgan fingerprint density at radius 3 is 2.90 bits per heavy atom. The fraction of sp³-hybridized carbons (Fsp3) is 0.462. The number of rotatable bonds is 6. The zero-order valence-corrected chi connectivity index (χ0v) is 11.4. The molecule has 0 radical (unpaired) electrons. The zero-order chi connectivity index (χ0) is 14.7. The number of benzene rings is 1. The van der Waals surface area contributed by atoms with Gasteiger partial charge in [-0.2, -0.15) is 0 Å². The molecule has 20 heavy (non-hydrogen) atoms. The van der Waals surface area contributed by atoms with E-state index < -0.39 is 4.92 Å². The van der Waals surface area contributed by atoms with Gasteiger partial charge in [-0.1, -0.05) is 0 Å². The van der Waals surface area contributed by atoms with Gasteiger partial charge in [0.1, 0.15) is 5.69 Å². The summed E-state index contributed by atoms with van der Waals surface area (Å²) >= 11 is 0. The van der Waals surface area contributed by atoms with Crippen LogP contribution in [0, 0.1) is 10.1 Å². The third-order valence-electron chi connectivity index (χ3n) is 2.91. The smallest absolute Gasteiger partial charge is 0.292 e. The maximum Gasteiger partial charge on any atom is 0.292 e. The predicted octanol–water partition coefficient (Wildman–Crippen LogP) is 1.93. The predicted molar refractivity (Wildman–Crippen MR) is 75.0 cm³/mol. The molecule has 2 rings (SSSR count). The summed E-state index contributed by atoms with van der Waals surface area (Å²) in [6.07, 6.45) is 0.304. The lowest BCUT2D eigenvalue weighted by molar-refractivity contribution is -0.384. The van der Waals surface area contributed by atoms with Crippen LogP contribution >= 0.6 is 0 Å². The Kier molecular flexibility index (Phi) is 4.19. The highest BCUT2D eigenvalue weighted by molar-refractivity contribution is 6.00. The highest BCUT2D eigenvalue weighted by atomic mass is 16.6. The van der Waals surface area contributed by atoms with Crippen molar-refractivity contribution in [3.63, 3.8) is 0 Å². The maximum atomic E-state index is 11.3. The van der Waals surface area contributed by atoms with Gasteiger partial charge in [0.05, 0.1) is 24.1 Å². The SMILES string of the molecule is CC(C)OCCNc1cc2c(cc1[N+](=O)[O-])CC(=O)N2. The molecule has 1 aliphatic rings. The molecule has 1 aliphatic heterocycles. The molecule has 0 fully saturated rings. The van der Waals surface area contributed by atoms with Gasteiger partial charge in [0.15, 0.2) is 0 Å². The number of ether oxygens (including phenoxy) is 1. The molecule has 7 nitrogen and oxygen atoms in total. The molecule has 0 saturated heterocycles. The molecule has 0 atom stereocenters. The third-order valence-corrected chi connectivity index (χ3v) is 2.91. The first kappa shape index (κ1) is 14.3. The summed E-state index contributed by atoms with van der Waals surface area (Å²) in [5.41, 5.74) is 1.66. The Morgan fingerprint density at radius 1 is 1.50 bits per heavy atom. The number of nitro groups is 1. The molecular formula is C13H17N3O4. The van der Waals surface area contributed by atoms with Crippen molar-refractivity contribution in [2.75, 3.05) is 23.8 Å². The van der Waals surface area contributed by atoms with E-state index in [0.717, 1.165) is 0 Å². The molecule has 0 saturated carbocycles. The molecule has 108 valence electrons. The summed E-state index contributed by atoms with van der Waals surface area (Å²) in [7, 11) is 0. The molecule has 1 aromatic carbocycles. The fourth-order valence-electron chi connectivity index (χ4n) is 2.03. The van der Waals surface area contributed by atoms with Crippen LogP contribution in [0.3, 0.4) is 0 Å². The van der Waals surface area contributed by atoms with Crippen molar-refractivity contribution >= 4 is 23.0 Å². The van der Waals surface area contributed by atoms with Crippen LogP contribution in [0.4, 0.5) is 17.1 Å². The van der Waals surface area contributed by atoms with E-state index >= 15 is 0 Å². The number of anilines is 2. The van der Waals surface area contributed by atoms with E-state index in [4.69, 9.17) is 4.74 Å². The second-order valence-corrected chi connectivity index (χ2v) is 4.85. The number of hydrogen-bond acceptors (Lipinski definition) is 5. The van der Waals surface area contributed by atoms with Crippen LogP contribution < -0.4 is 10.6 Å². The number of hydrogen-bond donors (Lipinski definition) is 2. The second kappa shape index (κ2) is 5.87. The minimum absolute atomic E-state index is 0.0233. The molecule has 1 aromatic rings. The number of carbonyl (C=O) groups is 1. The van der Waals surface area contributed by atoms with Crippen molar-refractivity contribution in [3.05, 3.63) is 27.8 Å². The zero-order valence-electron chi connectivity index (χ0n) is 11.4. The molecule has 7 heteroatoms. The van der Waals surface area contributed by atoms with Gasteiger partial charge < -0.3 is 15.4 Å². The number of fused-ring (bicyclic) bond motifs is 1. The molecule has 0 unspecified atom stereocenters. The van der Waals surface area contributed by atoms with Crippen molar-refractivity contribution in [2.45, 2.75) is 26.4 Å². The first-order valence-corrected chi connectivity index (χ1v) is 6.44. The minimum Gasteiger partial charge on any atom is -0.377 e. The minimum atomic E-state index is -0.450. The lowest BCUT2D eigenvalue weighted by Crippen LogP contribution is -2.14. The summed E-state index contributed by atoms with van der Waals surface area (Å²) in [5.74, 6) is -0.144. The molecule has 0 aromatic heterocycles. The lowest BCUT2D eigenvalue weighted by Gasteiger charge is -2.11. The van der Waals surface area contributed by atoms with E-state index in [2.05, 4.69) is 10.6 Å². The van der Waals surface area contributed by atoms with Crippen LogP contribution in [0.25, 0.3) is 0 Å². The van der Waals surface area contributed by atoms with E-state index in [9.17, 15) is 14.9 Å². The molecule has 0 bridgehead atoms. The Balaban J connectivity index is 2.13. The van der Waals surface area contributed by atoms with Gasteiger partial charge in [-0.05, 0) is 25.5 Å². The molecule has 1 amide bonds. The first-order valence-electron chi connectivity index (χ1n) is 6.44. The van der Waals surface area contributed by atoms with Crippen molar-refractivity contribution in [1.29, 1.82) is 0 Å². The van der Waals surface area contributed by atoms with E-state index in [1.807, 2.05) is 13.8 Å². The normalized spacial score (nSPS) is 13.2. The number of nitrogens with one attached hydrogen (secondary N) is 2. The molecule has 0 aliphatic carbocycles. The van der Waals surface area contributed by atoms with Gasteiger partial charge in [-0.15, -0.1) is 0 Å². The fourth-order valence-corrected chi connectivity index (χ4v) is 2.03. The van der Waals surface area contributed by atoms with Gasteiger partial charge >= 0.3 is 0 Å². The van der Waals surface area contributed by atoms with Crippen LogP contribution in [0.2, 0.25) is 0 Å². The molecule has 0 spiro atoms. The monoisotopic (exact) mass is 279 g/mol. The summed E-state index contributed by atoms with van der Waals surface area (Å²) in [5, 5.41) is 16.7. The Hall–Kier alpha value is -2.15. The van der Waals surface area contributed by atoms with Gasteiger partial charge in [0.2, 0.25) is 5.91 Å². The standard InChI is InChI=1S/C13H17N3O4/c1-8(2)20-4-3-14-11-7-10-9(6-13(17)15-10)5-12(11)16(18)19/h5,7-8,14H,3-4,6H2,1-2H3,(H,15,17). The van der Waals surface area contributed by atoms with Gasteiger partial charge in [0.25, 0.3) is 5.69 Å². The van der Waals surface area contributed by atoms with Crippen molar-refractivity contribution in [1.82, 2.24) is 0 Å². The average Bonchev–Trinajstić information content (AvgIpc) is 2.72. The highest BCUT2D eigenvalue weighted by Gasteiger charge is 2.24. The quantitative estimate of drug-likeness (QED) is 0.471. The topological polar surface area (TPSA) is 93.5 Å². The molecular weight excluding hydrogens is 262 g/mol. The van der Waals surface area contributed by atoms with Crippen LogP contribution in [-0.4, -0.2) is 30.1 Å². The number of amides is 1. The lowest BCUT2D eigenvalue weighted by atomic mass is 10.1. The van der Waals surface area contributed by atoms with E-state index in [-0.39, 0.29) is 24.1 Å². The summed E-state index contributed by atoms with van der Waals surface area (Å²) < 4.78 is 5.37. The summed E-state index contributed by atoms with van der Waals surface area (Å²) in [6, 6.07) is 3.05. The van der Waals surface area contributed by atoms with Gasteiger partial charge in [0, 0.05) is 18.3 Å². The largest absolute Gasteiger partial charge is 0.377 e. The van der Waals surface area contributed by atoms with Crippen LogP contribution in [0.1, 0.15) is 19.4 Å². The number of nitrogens with zero attached hydrogens (tertiary/aromatic N) is 1. The van der Waals surface area contributed by atoms with E-state index in [1.54, 1.807) is 6.07 Å². The maximum absolute atomic E-state index is 11.3. The van der Waals surface area contributed by atoms with Crippen LogP contribution in [-0.2, 0) is 16.0 Å². The van der Waals surface area contributed by atoms with Crippen LogP contribution in [0.5, 0.6) is 0 Å². The van der Waals surface area contributed by atoms with Crippen molar-refractivity contribution in [3.8, 4) is 0 Å². The second-order valence-electron chi connectivity index (χ2n) is 4.85. The van der Waals surface area contributed by atoms with Crippen molar-refractivity contribution < 1.29 is 14.5 Å². The number of carbonyl (C=O) groups excluding carboxylic acids is 1. The van der Waals surface area contributed by atoms with E-state index in [1.165, 1.54) is 6.07 Å². The highest BCUT2D eigenvalue weighted by Crippen LogP contribution is 2.34. The van der Waals surface area contributed by atoms with E-state index in [0.29, 0.717) is 30.1 Å². The molecule has 1 heterocycles. The Bertz CT molecular complexity index is 543. The molecule has 2 N–H and O–H groups in total. The Labute approximate surface area is 116 Å². The third kappa shape index (κ3) is 3.24. The van der Waals surface area contributed by atoms with Gasteiger partial charge in [-0.25, -0.2) is 0 Å².